The Hall–Kier alpha value is -1.71. The molecular weight excluding hydrogens is 298 g/mol. The third-order valence-electron chi connectivity index (χ3n) is 2.55. The summed E-state index contributed by atoms with van der Waals surface area (Å²) in [4.78, 5) is 34.4. The first-order chi connectivity index (χ1) is 10.4. The van der Waals surface area contributed by atoms with Gasteiger partial charge in [-0.3, -0.25) is 19.3 Å². The molecule has 0 aromatic heterocycles. The molecule has 0 saturated heterocycles. The highest BCUT2D eigenvalue weighted by molar-refractivity contribution is 5.76. The minimum atomic E-state index is -1.13. The SMILES string of the molecule is [CH]CC(=O)OC(COC(=O)CCC(=O)O)N(CCO)CCO. The van der Waals surface area contributed by atoms with Crippen molar-refractivity contribution in [2.24, 2.45) is 0 Å². The van der Waals surface area contributed by atoms with Gasteiger partial charge in [0.25, 0.3) is 0 Å². The maximum atomic E-state index is 11.4. The maximum absolute atomic E-state index is 11.4. The van der Waals surface area contributed by atoms with Crippen molar-refractivity contribution in [1.82, 2.24) is 4.90 Å². The molecule has 0 aromatic rings. The van der Waals surface area contributed by atoms with Crippen LogP contribution in [-0.4, -0.2) is 77.3 Å². The second-order valence-corrected chi connectivity index (χ2v) is 4.21. The van der Waals surface area contributed by atoms with Crippen molar-refractivity contribution < 1.29 is 39.2 Å². The number of aliphatic carboxylic acids is 1. The van der Waals surface area contributed by atoms with Crippen LogP contribution >= 0.6 is 0 Å². The van der Waals surface area contributed by atoms with Crippen molar-refractivity contribution in [1.29, 1.82) is 0 Å². The standard InChI is InChI=1S/C13H21NO8/c1-2-12(19)22-10(14(5-7-15)6-8-16)9-21-13(20)4-3-11(17)18/h1,10,15-16H,2-9H2,(H,17,18). The van der Waals surface area contributed by atoms with E-state index < -0.39 is 24.1 Å². The molecule has 1 unspecified atom stereocenters. The van der Waals surface area contributed by atoms with Crippen LogP contribution < -0.4 is 0 Å². The van der Waals surface area contributed by atoms with Gasteiger partial charge in [0.15, 0.2) is 6.23 Å². The molecule has 9 nitrogen and oxygen atoms in total. The number of rotatable bonds is 12. The predicted octanol–water partition coefficient (Wildman–Crippen LogP) is -1.35. The Labute approximate surface area is 128 Å². The molecule has 0 aliphatic heterocycles. The number of carboxylic acid groups (broad SMARTS) is 1. The molecule has 2 radical (unpaired) electrons. The van der Waals surface area contributed by atoms with E-state index in [9.17, 15) is 14.4 Å². The Morgan fingerprint density at radius 3 is 2.09 bits per heavy atom. The number of esters is 2. The molecule has 0 amide bonds. The minimum Gasteiger partial charge on any atom is -0.481 e. The zero-order valence-corrected chi connectivity index (χ0v) is 12.1. The average molecular weight is 319 g/mol. The van der Waals surface area contributed by atoms with Crippen LogP contribution in [0.1, 0.15) is 19.3 Å². The second-order valence-electron chi connectivity index (χ2n) is 4.21. The van der Waals surface area contributed by atoms with Crippen molar-refractivity contribution >= 4 is 17.9 Å². The Morgan fingerprint density at radius 2 is 1.64 bits per heavy atom. The number of aliphatic hydroxyl groups excluding tert-OH is 2. The van der Waals surface area contributed by atoms with Gasteiger partial charge in [-0.05, 0) is 6.92 Å². The van der Waals surface area contributed by atoms with Gasteiger partial charge >= 0.3 is 17.9 Å². The number of hydrogen-bond donors (Lipinski definition) is 3. The lowest BCUT2D eigenvalue weighted by atomic mass is 10.3. The van der Waals surface area contributed by atoms with Crippen LogP contribution in [0.15, 0.2) is 0 Å². The molecule has 9 heteroatoms. The Bertz CT molecular complexity index is 354. The number of aliphatic hydroxyl groups is 2. The van der Waals surface area contributed by atoms with Crippen molar-refractivity contribution in [2.45, 2.75) is 25.5 Å². The quantitative estimate of drug-likeness (QED) is 0.295. The van der Waals surface area contributed by atoms with E-state index in [0.717, 1.165) is 0 Å². The molecule has 0 saturated carbocycles. The van der Waals surface area contributed by atoms with Crippen molar-refractivity contribution in [3.63, 3.8) is 0 Å². The van der Waals surface area contributed by atoms with E-state index in [-0.39, 0.29) is 52.2 Å². The lowest BCUT2D eigenvalue weighted by Gasteiger charge is -2.29. The summed E-state index contributed by atoms with van der Waals surface area (Å²) >= 11 is 0. The number of ether oxygens (including phenoxy) is 2. The van der Waals surface area contributed by atoms with Gasteiger partial charge in [0.2, 0.25) is 0 Å². The van der Waals surface area contributed by atoms with Crippen LogP contribution in [0.2, 0.25) is 0 Å². The molecule has 0 heterocycles. The van der Waals surface area contributed by atoms with E-state index in [1.807, 2.05) is 0 Å². The lowest BCUT2D eigenvalue weighted by molar-refractivity contribution is -0.172. The third-order valence-corrected chi connectivity index (χ3v) is 2.55. The van der Waals surface area contributed by atoms with Crippen molar-refractivity contribution in [2.75, 3.05) is 32.9 Å². The van der Waals surface area contributed by atoms with E-state index in [0.29, 0.717) is 0 Å². The fourth-order valence-electron chi connectivity index (χ4n) is 1.52. The maximum Gasteiger partial charge on any atom is 0.307 e. The van der Waals surface area contributed by atoms with Crippen LogP contribution in [-0.2, 0) is 23.9 Å². The number of carbonyl (C=O) groups is 3. The molecule has 1 atom stereocenters. The van der Waals surface area contributed by atoms with Crippen molar-refractivity contribution in [3.05, 3.63) is 6.92 Å². The number of carbonyl (C=O) groups excluding carboxylic acids is 2. The average Bonchev–Trinajstić information content (AvgIpc) is 2.48. The highest BCUT2D eigenvalue weighted by atomic mass is 16.6. The Morgan fingerprint density at radius 1 is 1.05 bits per heavy atom. The van der Waals surface area contributed by atoms with E-state index >= 15 is 0 Å². The summed E-state index contributed by atoms with van der Waals surface area (Å²) in [6.45, 7) is 4.42. The summed E-state index contributed by atoms with van der Waals surface area (Å²) in [6, 6.07) is 0. The van der Waals surface area contributed by atoms with Gasteiger partial charge in [0.05, 0.1) is 26.1 Å². The van der Waals surface area contributed by atoms with Gasteiger partial charge in [-0.1, -0.05) is 0 Å². The molecule has 0 aliphatic carbocycles. The second kappa shape index (κ2) is 11.9. The summed E-state index contributed by atoms with van der Waals surface area (Å²) < 4.78 is 9.84. The Kier molecular flexibility index (Phi) is 11.0. The molecule has 0 aliphatic rings. The largest absolute Gasteiger partial charge is 0.481 e. The Balaban J connectivity index is 4.59. The molecular formula is C13H21NO8. The van der Waals surface area contributed by atoms with Gasteiger partial charge < -0.3 is 24.8 Å². The van der Waals surface area contributed by atoms with Crippen LogP contribution in [0, 0.1) is 6.92 Å². The van der Waals surface area contributed by atoms with E-state index in [4.69, 9.17) is 31.7 Å². The zero-order valence-electron chi connectivity index (χ0n) is 12.1. The summed E-state index contributed by atoms with van der Waals surface area (Å²) in [6.07, 6.45) is -2.09. The van der Waals surface area contributed by atoms with Gasteiger partial charge in [0, 0.05) is 19.5 Å². The minimum absolute atomic E-state index is 0.0791. The number of nitrogens with zero attached hydrogens (tertiary/aromatic N) is 1. The first kappa shape index (κ1) is 20.3. The summed E-state index contributed by atoms with van der Waals surface area (Å²) in [5, 5.41) is 26.4. The van der Waals surface area contributed by atoms with E-state index in [2.05, 4.69) is 0 Å². The number of hydrogen-bond acceptors (Lipinski definition) is 8. The van der Waals surface area contributed by atoms with Gasteiger partial charge in [-0.15, -0.1) is 0 Å². The van der Waals surface area contributed by atoms with Crippen LogP contribution in [0.3, 0.4) is 0 Å². The fourth-order valence-corrected chi connectivity index (χ4v) is 1.52. The first-order valence-electron chi connectivity index (χ1n) is 6.67. The first-order valence-corrected chi connectivity index (χ1v) is 6.67. The normalized spacial score (nSPS) is 12.0. The van der Waals surface area contributed by atoms with Crippen LogP contribution in [0.4, 0.5) is 0 Å². The molecule has 0 fully saturated rings. The smallest absolute Gasteiger partial charge is 0.307 e. The van der Waals surface area contributed by atoms with Crippen LogP contribution in [0.5, 0.6) is 0 Å². The molecule has 0 spiro atoms. The fraction of sp³-hybridized carbons (Fsp3) is 0.692. The van der Waals surface area contributed by atoms with Gasteiger partial charge in [-0.2, -0.15) is 0 Å². The molecule has 3 N–H and O–H groups in total. The van der Waals surface area contributed by atoms with E-state index in [1.165, 1.54) is 4.90 Å². The molecule has 126 valence electrons. The number of carboxylic acids is 1. The molecule has 22 heavy (non-hydrogen) atoms. The highest BCUT2D eigenvalue weighted by Gasteiger charge is 2.23. The summed E-state index contributed by atoms with van der Waals surface area (Å²) in [5.74, 6) is -2.64. The lowest BCUT2D eigenvalue weighted by Crippen LogP contribution is -2.45. The monoisotopic (exact) mass is 319 g/mol. The highest BCUT2D eigenvalue weighted by Crippen LogP contribution is 2.06. The molecule has 0 aromatic carbocycles. The van der Waals surface area contributed by atoms with Crippen molar-refractivity contribution in [3.8, 4) is 0 Å². The molecule has 0 bridgehead atoms. The summed E-state index contributed by atoms with van der Waals surface area (Å²) in [7, 11) is 0. The zero-order chi connectivity index (χ0) is 17.0. The van der Waals surface area contributed by atoms with Gasteiger partial charge in [-0.25, -0.2) is 0 Å². The summed E-state index contributed by atoms with van der Waals surface area (Å²) in [5.41, 5.74) is 0. The predicted molar refractivity (Wildman–Crippen MR) is 72.4 cm³/mol. The topological polar surface area (TPSA) is 134 Å². The molecule has 0 rings (SSSR count). The van der Waals surface area contributed by atoms with Crippen LogP contribution in [0.25, 0.3) is 0 Å². The third kappa shape index (κ3) is 9.27. The van der Waals surface area contributed by atoms with Gasteiger partial charge in [0.1, 0.15) is 6.61 Å². The van der Waals surface area contributed by atoms with E-state index in [1.54, 1.807) is 0 Å².